The van der Waals surface area contributed by atoms with Crippen LogP contribution in [-0.4, -0.2) is 29.7 Å². The summed E-state index contributed by atoms with van der Waals surface area (Å²) in [5.74, 6) is -1.44. The van der Waals surface area contributed by atoms with Crippen LogP contribution in [0.15, 0.2) is 0 Å². The maximum Gasteiger partial charge on any atom is 0.370 e. The third-order valence-electron chi connectivity index (χ3n) is 1.95. The predicted molar refractivity (Wildman–Crippen MR) is 59.5 cm³/mol. The topological polar surface area (TPSA) is 63.6 Å². The molecule has 3 unspecified atom stereocenters. The zero-order valence-corrected chi connectivity index (χ0v) is 10.7. The van der Waals surface area contributed by atoms with Crippen LogP contribution in [0.1, 0.15) is 27.7 Å². The van der Waals surface area contributed by atoms with Crippen LogP contribution in [0.2, 0.25) is 0 Å². The highest BCUT2D eigenvalue weighted by atomic mass is 31.1. The monoisotopic (exact) mass is 235 g/mol. The molecule has 0 amide bonds. The van der Waals surface area contributed by atoms with Crippen molar-refractivity contribution in [1.29, 1.82) is 0 Å². The van der Waals surface area contributed by atoms with Crippen LogP contribution < -0.4 is 0 Å². The molecule has 0 radical (unpaired) electrons. The second kappa shape index (κ2) is 6.91. The zero-order chi connectivity index (χ0) is 12.0. The lowest BCUT2D eigenvalue weighted by molar-refractivity contribution is -0.140. The molecule has 0 heterocycles. The molecule has 1 N–H and O–H groups in total. The number of hydrogen-bond donors (Lipinski definition) is 1. The van der Waals surface area contributed by atoms with E-state index in [0.717, 1.165) is 0 Å². The first-order chi connectivity index (χ1) is 6.84. The highest BCUT2D eigenvalue weighted by Gasteiger charge is 2.31. The Morgan fingerprint density at radius 1 is 1.33 bits per heavy atom. The van der Waals surface area contributed by atoms with E-state index >= 15 is 0 Å². The van der Waals surface area contributed by atoms with Crippen molar-refractivity contribution in [2.45, 2.75) is 33.5 Å². The van der Waals surface area contributed by atoms with Crippen LogP contribution in [0.4, 0.5) is 0 Å². The average Bonchev–Trinajstić information content (AvgIpc) is 2.13. The molecule has 0 rings (SSSR count). The summed E-state index contributed by atoms with van der Waals surface area (Å²) < 4.78 is 17.0. The maximum absolute atomic E-state index is 11.6. The number of aliphatic carboxylic acids is 1. The summed E-state index contributed by atoms with van der Waals surface area (Å²) in [5, 5.41) is 8.66. The molecule has 0 aliphatic heterocycles. The predicted octanol–water partition coefficient (Wildman–Crippen LogP) is 2.55. The highest BCUT2D eigenvalue weighted by molar-refractivity contribution is 7.45. The summed E-state index contributed by atoms with van der Waals surface area (Å²) >= 11 is 0. The maximum atomic E-state index is 11.6. The average molecular weight is 235 g/mol. The normalized spacial score (nSPS) is 16.2. The zero-order valence-electron chi connectivity index (χ0n) is 9.77. The largest absolute Gasteiger partial charge is 0.481 e. The Morgan fingerprint density at radius 3 is 2.27 bits per heavy atom. The van der Waals surface area contributed by atoms with Crippen molar-refractivity contribution in [1.82, 2.24) is 0 Å². The molecular formula is C10H20O4P+. The Kier molecular flexibility index (Phi) is 6.70. The fraction of sp³-hybridized carbons (Fsp3) is 0.900. The lowest BCUT2D eigenvalue weighted by atomic mass is 10.2. The molecule has 3 atom stereocenters. The van der Waals surface area contributed by atoms with E-state index in [4.69, 9.17) is 9.84 Å². The van der Waals surface area contributed by atoms with Crippen LogP contribution in [0.5, 0.6) is 0 Å². The number of rotatable bonds is 7. The van der Waals surface area contributed by atoms with Crippen molar-refractivity contribution in [3.05, 3.63) is 0 Å². The molecule has 0 spiro atoms. The van der Waals surface area contributed by atoms with E-state index in [1.807, 2.05) is 13.8 Å². The summed E-state index contributed by atoms with van der Waals surface area (Å²) in [4.78, 5) is 10.6. The fourth-order valence-corrected chi connectivity index (χ4v) is 2.16. The minimum atomic E-state index is -1.60. The molecule has 0 fully saturated rings. The first-order valence-electron chi connectivity index (χ1n) is 5.12. The smallest absolute Gasteiger partial charge is 0.370 e. The molecule has 0 aromatic heterocycles. The van der Waals surface area contributed by atoms with Crippen molar-refractivity contribution in [2.24, 2.45) is 11.8 Å². The molecule has 0 aromatic carbocycles. The number of carboxylic acid groups (broad SMARTS) is 1. The van der Waals surface area contributed by atoms with E-state index in [2.05, 4.69) is 0 Å². The van der Waals surface area contributed by atoms with Gasteiger partial charge in [-0.05, 0) is 12.8 Å². The minimum absolute atomic E-state index is 0.184. The van der Waals surface area contributed by atoms with E-state index in [-0.39, 0.29) is 12.0 Å². The summed E-state index contributed by atoms with van der Waals surface area (Å²) in [5.41, 5.74) is 0. The van der Waals surface area contributed by atoms with Crippen molar-refractivity contribution >= 4 is 13.8 Å². The van der Waals surface area contributed by atoms with Gasteiger partial charge in [0.2, 0.25) is 0 Å². The van der Waals surface area contributed by atoms with Crippen molar-refractivity contribution < 1.29 is 19.2 Å². The first kappa shape index (κ1) is 14.5. The Labute approximate surface area is 91.8 Å². The number of carbonyl (C=O) groups is 1. The molecule has 4 nitrogen and oxygen atoms in total. The molecule has 0 bridgehead atoms. The van der Waals surface area contributed by atoms with Gasteiger partial charge >= 0.3 is 13.8 Å². The van der Waals surface area contributed by atoms with Crippen LogP contribution in [-0.2, 0) is 14.1 Å². The van der Waals surface area contributed by atoms with Crippen molar-refractivity contribution in [3.63, 3.8) is 0 Å². The van der Waals surface area contributed by atoms with Gasteiger partial charge in [-0.2, -0.15) is 0 Å². The first-order valence-corrected chi connectivity index (χ1v) is 6.64. The van der Waals surface area contributed by atoms with Gasteiger partial charge in [-0.1, -0.05) is 18.4 Å². The third kappa shape index (κ3) is 6.58. The number of hydrogen-bond acceptors (Lipinski definition) is 3. The third-order valence-corrected chi connectivity index (χ3v) is 3.82. The van der Waals surface area contributed by atoms with Crippen LogP contribution >= 0.6 is 7.80 Å². The van der Waals surface area contributed by atoms with Gasteiger partial charge in [0.05, 0.1) is 12.5 Å². The standard InChI is InChI=1S/C10H19O4P/c1-7(2)5-14-9(4)15(13)6-8(3)10(11)12/h7-9H,5-6H2,1-4H3/p+1. The van der Waals surface area contributed by atoms with Gasteiger partial charge in [-0.25, -0.2) is 0 Å². The number of carboxylic acids is 1. The van der Waals surface area contributed by atoms with Gasteiger partial charge in [-0.3, -0.25) is 4.79 Å². The molecule has 0 aliphatic carbocycles. The molecule has 0 saturated carbocycles. The summed E-state index contributed by atoms with van der Waals surface area (Å²) in [6, 6.07) is 0. The second-order valence-corrected chi connectivity index (χ2v) is 6.09. The summed E-state index contributed by atoms with van der Waals surface area (Å²) in [6.45, 7) is 7.88. The molecule has 15 heavy (non-hydrogen) atoms. The molecule has 88 valence electrons. The SMILES string of the molecule is CC(C)COC(C)[P+](=O)CC(C)C(=O)O. The lowest BCUT2D eigenvalue weighted by Gasteiger charge is -2.07. The molecule has 5 heteroatoms. The number of ether oxygens (including phenoxy) is 1. The van der Waals surface area contributed by atoms with Gasteiger partial charge in [0, 0.05) is 6.92 Å². The highest BCUT2D eigenvalue weighted by Crippen LogP contribution is 2.31. The van der Waals surface area contributed by atoms with Crippen molar-refractivity contribution in [2.75, 3.05) is 12.8 Å². The minimum Gasteiger partial charge on any atom is -0.481 e. The van der Waals surface area contributed by atoms with Gasteiger partial charge in [0.1, 0.15) is 0 Å². The van der Waals surface area contributed by atoms with Gasteiger partial charge < -0.3 is 9.84 Å². The van der Waals surface area contributed by atoms with Crippen LogP contribution in [0, 0.1) is 11.8 Å². The lowest BCUT2D eigenvalue weighted by Crippen LogP contribution is -2.16. The van der Waals surface area contributed by atoms with E-state index < -0.39 is 19.7 Å². The van der Waals surface area contributed by atoms with Crippen LogP contribution in [0.25, 0.3) is 0 Å². The molecule has 0 aliphatic rings. The Bertz CT molecular complexity index is 227. The Hall–Kier alpha value is -0.470. The summed E-state index contributed by atoms with van der Waals surface area (Å²) in [7, 11) is -1.60. The fourth-order valence-electron chi connectivity index (χ4n) is 0.911. The quantitative estimate of drug-likeness (QED) is 0.689. The summed E-state index contributed by atoms with van der Waals surface area (Å²) in [6.07, 6.45) is 0.184. The molecular weight excluding hydrogens is 215 g/mol. The van der Waals surface area contributed by atoms with Gasteiger partial charge in [0.25, 0.3) is 5.85 Å². The Morgan fingerprint density at radius 2 is 1.87 bits per heavy atom. The van der Waals surface area contributed by atoms with E-state index in [0.29, 0.717) is 12.5 Å². The van der Waals surface area contributed by atoms with E-state index in [9.17, 15) is 9.36 Å². The Balaban J connectivity index is 3.94. The second-order valence-electron chi connectivity index (χ2n) is 4.17. The van der Waals surface area contributed by atoms with E-state index in [1.54, 1.807) is 13.8 Å². The molecule has 0 aromatic rings. The molecule has 0 saturated heterocycles. The van der Waals surface area contributed by atoms with E-state index in [1.165, 1.54) is 0 Å². The van der Waals surface area contributed by atoms with Gasteiger partial charge in [0.15, 0.2) is 6.16 Å². The van der Waals surface area contributed by atoms with Crippen LogP contribution in [0.3, 0.4) is 0 Å². The van der Waals surface area contributed by atoms with Crippen molar-refractivity contribution in [3.8, 4) is 0 Å². The van der Waals surface area contributed by atoms with Gasteiger partial charge in [-0.15, -0.1) is 0 Å².